The molecule has 0 aromatic carbocycles. The predicted molar refractivity (Wildman–Crippen MR) is 55.7 cm³/mol. The molecule has 74 valence electrons. The van der Waals surface area contributed by atoms with Crippen molar-refractivity contribution in [3.05, 3.63) is 0 Å². The predicted octanol–water partition coefficient (Wildman–Crippen LogP) is 2.75. The highest BCUT2D eigenvalue weighted by Gasteiger charge is 2.04. The fourth-order valence-corrected chi connectivity index (χ4v) is 3.82. The van der Waals surface area contributed by atoms with E-state index in [9.17, 15) is 8.42 Å². The van der Waals surface area contributed by atoms with E-state index in [0.29, 0.717) is 9.83 Å². The fraction of sp³-hybridized carbons (Fsp3) is 1.00. The summed E-state index contributed by atoms with van der Waals surface area (Å²) in [4.78, 5) is 0. The molecule has 0 aromatic rings. The molecule has 6 heteroatoms. The van der Waals surface area contributed by atoms with Crippen LogP contribution in [-0.2, 0) is 9.15 Å². The van der Waals surface area contributed by atoms with Crippen molar-refractivity contribution in [2.45, 2.75) is 32.6 Å². The van der Waals surface area contributed by atoms with Gasteiger partial charge in [-0.15, -0.1) is 0 Å². The van der Waals surface area contributed by atoms with Crippen molar-refractivity contribution in [2.24, 2.45) is 0 Å². The van der Waals surface area contributed by atoms with Gasteiger partial charge in [0.2, 0.25) is 0 Å². The van der Waals surface area contributed by atoms with E-state index in [1.807, 2.05) is 0 Å². The number of rotatable bonds is 7. The van der Waals surface area contributed by atoms with Gasteiger partial charge < -0.3 is 0 Å². The van der Waals surface area contributed by atoms with E-state index in [0.717, 1.165) is 18.6 Å². The Kier molecular flexibility index (Phi) is 7.41. The summed E-state index contributed by atoms with van der Waals surface area (Å²) < 4.78 is 28.8. The number of unbranched alkanes of at least 4 members (excludes halogenated alkanes) is 3. The van der Waals surface area contributed by atoms with Crippen LogP contribution in [0, 0.1) is 0 Å². The molecule has 0 unspecified atom stereocenters. The van der Waals surface area contributed by atoms with Gasteiger partial charge in [0.05, 0.1) is 9.83 Å². The fourth-order valence-electron chi connectivity index (χ4n) is 0.683. The van der Waals surface area contributed by atoms with Gasteiger partial charge >= 0.3 is 9.15 Å². The summed E-state index contributed by atoms with van der Waals surface area (Å²) in [5.74, 6) is 0.782. The lowest BCUT2D eigenvalue weighted by Gasteiger charge is -1.97. The highest BCUT2D eigenvalue weighted by atomic mass is 33.5. The second-order valence-corrected chi connectivity index (χ2v) is 7.62. The molecule has 0 radical (unpaired) electrons. The average Bonchev–Trinajstić information content (AvgIpc) is 1.94. The molecule has 0 heterocycles. The average molecular weight is 230 g/mol. The lowest BCUT2D eigenvalue weighted by atomic mass is 10.2. The van der Waals surface area contributed by atoms with Crippen molar-refractivity contribution in [3.63, 3.8) is 0 Å². The van der Waals surface area contributed by atoms with Gasteiger partial charge in [-0.3, -0.25) is 4.55 Å². The quantitative estimate of drug-likeness (QED) is 0.414. The minimum atomic E-state index is -3.84. The van der Waals surface area contributed by atoms with Crippen molar-refractivity contribution in [3.8, 4) is 0 Å². The third-order valence-corrected chi connectivity index (χ3v) is 5.66. The van der Waals surface area contributed by atoms with Crippen LogP contribution in [0.3, 0.4) is 0 Å². The van der Waals surface area contributed by atoms with E-state index in [1.54, 1.807) is 0 Å². The molecule has 0 atom stereocenters. The van der Waals surface area contributed by atoms with Gasteiger partial charge in [0.15, 0.2) is 0 Å². The van der Waals surface area contributed by atoms with Crippen molar-refractivity contribution in [1.29, 1.82) is 0 Å². The summed E-state index contributed by atoms with van der Waals surface area (Å²) >= 11 is 0. The van der Waals surface area contributed by atoms with Crippen LogP contribution in [0.4, 0.5) is 0 Å². The van der Waals surface area contributed by atoms with Crippen molar-refractivity contribution >= 4 is 29.8 Å². The number of hydrogen-bond acceptors (Lipinski definition) is 4. The zero-order chi connectivity index (χ0) is 9.45. The van der Waals surface area contributed by atoms with Crippen LogP contribution in [-0.4, -0.2) is 18.7 Å². The zero-order valence-electron chi connectivity index (χ0n) is 7.02. The van der Waals surface area contributed by atoms with Crippen LogP contribution >= 0.6 is 20.6 Å². The highest BCUT2D eigenvalue weighted by molar-refractivity contribution is 9.05. The van der Waals surface area contributed by atoms with E-state index in [1.165, 1.54) is 23.6 Å². The summed E-state index contributed by atoms with van der Waals surface area (Å²) in [6.45, 7) is 2.13. The van der Waals surface area contributed by atoms with Gasteiger partial charge in [0.1, 0.15) is 0 Å². The van der Waals surface area contributed by atoms with Crippen molar-refractivity contribution < 1.29 is 13.0 Å². The first-order valence-electron chi connectivity index (χ1n) is 3.85. The Morgan fingerprint density at radius 1 is 1.25 bits per heavy atom. The summed E-state index contributed by atoms with van der Waals surface area (Å²) in [6, 6.07) is 0. The lowest BCUT2D eigenvalue weighted by Crippen LogP contribution is -1.86. The van der Waals surface area contributed by atoms with Crippen LogP contribution in [0.25, 0.3) is 0 Å². The first kappa shape index (κ1) is 12.6. The molecular weight excluding hydrogens is 216 g/mol. The molecule has 0 aliphatic rings. The Balaban J connectivity index is 3.12. The Morgan fingerprint density at radius 3 is 2.42 bits per heavy atom. The Bertz CT molecular complexity index is 188. The molecule has 0 bridgehead atoms. The van der Waals surface area contributed by atoms with Crippen molar-refractivity contribution in [2.75, 3.05) is 5.75 Å². The maximum atomic E-state index is 10.2. The minimum absolute atomic E-state index is 0.536. The molecule has 0 saturated heterocycles. The van der Waals surface area contributed by atoms with Crippen LogP contribution < -0.4 is 0 Å². The second-order valence-electron chi connectivity index (χ2n) is 2.38. The first-order chi connectivity index (χ1) is 5.56. The normalized spacial score (nSPS) is 11.8. The monoisotopic (exact) mass is 230 g/mol. The molecular formula is C6H14O3S3. The highest BCUT2D eigenvalue weighted by Crippen LogP contribution is 2.27. The summed E-state index contributed by atoms with van der Waals surface area (Å²) in [6.07, 6.45) is 4.52. The van der Waals surface area contributed by atoms with Crippen LogP contribution in [0.5, 0.6) is 0 Å². The Labute approximate surface area is 81.2 Å². The topological polar surface area (TPSA) is 54.4 Å². The van der Waals surface area contributed by atoms with Gasteiger partial charge in [-0.2, -0.15) is 8.42 Å². The molecule has 0 rings (SSSR count). The van der Waals surface area contributed by atoms with Gasteiger partial charge in [0.25, 0.3) is 0 Å². The second kappa shape index (κ2) is 7.06. The standard InChI is InChI=1S/C6H14O3S3/c1-2-3-4-5-6-10-11-12(7,8)9/h2-6H2,1H3,(H,7,8,9). The molecule has 0 spiro atoms. The largest absolute Gasteiger partial charge is 0.329 e. The number of hydrogen-bond donors (Lipinski definition) is 1. The first-order valence-corrected chi connectivity index (χ1v) is 8.12. The minimum Gasteiger partial charge on any atom is -0.277 e. The summed E-state index contributed by atoms with van der Waals surface area (Å²) in [5, 5.41) is 0. The molecule has 0 aromatic heterocycles. The third-order valence-electron chi connectivity index (χ3n) is 1.22. The molecule has 0 fully saturated rings. The third kappa shape index (κ3) is 10.6. The van der Waals surface area contributed by atoms with Crippen LogP contribution in [0.2, 0.25) is 0 Å². The van der Waals surface area contributed by atoms with Gasteiger partial charge in [-0.1, -0.05) is 37.0 Å². The molecule has 0 aliphatic carbocycles. The van der Waals surface area contributed by atoms with E-state index in [4.69, 9.17) is 4.55 Å². The van der Waals surface area contributed by atoms with Crippen LogP contribution in [0.1, 0.15) is 32.6 Å². The summed E-state index contributed by atoms with van der Waals surface area (Å²) in [5.41, 5.74) is 0. The van der Waals surface area contributed by atoms with E-state index in [-0.39, 0.29) is 0 Å². The molecule has 0 aliphatic heterocycles. The van der Waals surface area contributed by atoms with Gasteiger partial charge in [-0.05, 0) is 6.42 Å². The Hall–Kier alpha value is 0.610. The van der Waals surface area contributed by atoms with Gasteiger partial charge in [-0.25, -0.2) is 0 Å². The van der Waals surface area contributed by atoms with Crippen LogP contribution in [0.15, 0.2) is 0 Å². The maximum absolute atomic E-state index is 10.2. The lowest BCUT2D eigenvalue weighted by molar-refractivity contribution is 0.503. The zero-order valence-corrected chi connectivity index (χ0v) is 9.47. The summed E-state index contributed by atoms with van der Waals surface area (Å²) in [7, 11) is -2.11. The SMILES string of the molecule is CCCCCCSSS(=O)(=O)O. The van der Waals surface area contributed by atoms with E-state index in [2.05, 4.69) is 6.92 Å². The Morgan fingerprint density at radius 2 is 1.92 bits per heavy atom. The molecule has 12 heavy (non-hydrogen) atoms. The smallest absolute Gasteiger partial charge is 0.277 e. The molecule has 0 amide bonds. The molecule has 1 N–H and O–H groups in total. The molecule has 0 saturated carbocycles. The maximum Gasteiger partial charge on any atom is 0.329 e. The van der Waals surface area contributed by atoms with Gasteiger partial charge in [0, 0.05) is 5.75 Å². The van der Waals surface area contributed by atoms with E-state index >= 15 is 0 Å². The van der Waals surface area contributed by atoms with Crippen molar-refractivity contribution in [1.82, 2.24) is 0 Å². The van der Waals surface area contributed by atoms with E-state index < -0.39 is 9.15 Å². The molecule has 3 nitrogen and oxygen atoms in total.